The summed E-state index contributed by atoms with van der Waals surface area (Å²) in [6.45, 7) is 0.820. The summed E-state index contributed by atoms with van der Waals surface area (Å²) >= 11 is 0. The molecule has 0 aromatic heterocycles. The number of carbonyl (C=O) groups is 2. The molecule has 0 bridgehead atoms. The fraction of sp³-hybridized carbons (Fsp3) is 0.300. The first kappa shape index (κ1) is 21.0. The zero-order valence-electron chi connectivity index (χ0n) is 16.5. The van der Waals surface area contributed by atoms with Gasteiger partial charge < -0.3 is 30.3 Å². The highest BCUT2D eigenvalue weighted by molar-refractivity contribution is 6.04. The number of nitrogens with zero attached hydrogens (tertiary/aromatic N) is 1. The van der Waals surface area contributed by atoms with E-state index in [1.807, 2.05) is 19.0 Å². The number of ether oxygens (including phenoxy) is 2. The van der Waals surface area contributed by atoms with Crippen molar-refractivity contribution >= 4 is 29.0 Å². The van der Waals surface area contributed by atoms with Crippen molar-refractivity contribution < 1.29 is 19.1 Å². The Morgan fingerprint density at radius 2 is 1.71 bits per heavy atom. The van der Waals surface area contributed by atoms with Crippen molar-refractivity contribution in [2.75, 3.05) is 57.0 Å². The Hall–Kier alpha value is -3.26. The molecule has 0 spiro atoms. The summed E-state index contributed by atoms with van der Waals surface area (Å²) in [6.07, 6.45) is 0. The van der Waals surface area contributed by atoms with E-state index in [2.05, 4.69) is 16.0 Å². The van der Waals surface area contributed by atoms with E-state index in [9.17, 15) is 9.59 Å². The lowest BCUT2D eigenvalue weighted by molar-refractivity contribution is 0.0937. The van der Waals surface area contributed by atoms with Crippen molar-refractivity contribution in [2.45, 2.75) is 0 Å². The molecule has 0 radical (unpaired) electrons. The molecular weight excluding hydrogens is 360 g/mol. The molecule has 0 aliphatic carbocycles. The van der Waals surface area contributed by atoms with E-state index >= 15 is 0 Å². The van der Waals surface area contributed by atoms with Crippen molar-refractivity contribution in [3.8, 4) is 5.75 Å². The molecule has 0 saturated heterocycles. The third-order valence-corrected chi connectivity index (χ3v) is 3.90. The number of benzene rings is 2. The van der Waals surface area contributed by atoms with E-state index < -0.39 is 6.03 Å². The Bertz CT molecular complexity index is 824. The smallest absolute Gasteiger partial charge is 0.323 e. The second kappa shape index (κ2) is 10.2. The van der Waals surface area contributed by atoms with Crippen molar-refractivity contribution in [3.63, 3.8) is 0 Å². The molecule has 0 unspecified atom stereocenters. The number of anilines is 3. The average Bonchev–Trinajstić information content (AvgIpc) is 2.67. The maximum Gasteiger partial charge on any atom is 0.323 e. The number of carbonyl (C=O) groups excluding carboxylic acids is 2. The van der Waals surface area contributed by atoms with Gasteiger partial charge in [0, 0.05) is 50.9 Å². The van der Waals surface area contributed by atoms with E-state index in [0.717, 1.165) is 5.69 Å². The van der Waals surface area contributed by atoms with Crippen molar-refractivity contribution in [3.05, 3.63) is 48.0 Å². The van der Waals surface area contributed by atoms with Crippen molar-refractivity contribution in [1.82, 2.24) is 5.32 Å². The quantitative estimate of drug-likeness (QED) is 0.607. The topological polar surface area (TPSA) is 91.9 Å². The molecule has 28 heavy (non-hydrogen) atoms. The van der Waals surface area contributed by atoms with Gasteiger partial charge in [-0.15, -0.1) is 0 Å². The first-order valence-electron chi connectivity index (χ1n) is 8.75. The van der Waals surface area contributed by atoms with Gasteiger partial charge in [-0.25, -0.2) is 4.79 Å². The zero-order chi connectivity index (χ0) is 20.5. The Morgan fingerprint density at radius 1 is 1.00 bits per heavy atom. The number of hydrogen-bond donors (Lipinski definition) is 3. The molecule has 2 aromatic carbocycles. The van der Waals surface area contributed by atoms with Gasteiger partial charge in [0.2, 0.25) is 0 Å². The van der Waals surface area contributed by atoms with E-state index in [4.69, 9.17) is 9.47 Å². The van der Waals surface area contributed by atoms with Gasteiger partial charge in [0.05, 0.1) is 19.3 Å². The number of nitrogens with one attached hydrogen (secondary N) is 3. The van der Waals surface area contributed by atoms with Gasteiger partial charge in [-0.05, 0) is 30.3 Å². The molecule has 0 fully saturated rings. The van der Waals surface area contributed by atoms with Gasteiger partial charge in [-0.3, -0.25) is 4.79 Å². The molecule has 8 nitrogen and oxygen atoms in total. The van der Waals surface area contributed by atoms with Gasteiger partial charge in [-0.2, -0.15) is 0 Å². The van der Waals surface area contributed by atoms with Gasteiger partial charge in [0.1, 0.15) is 5.75 Å². The van der Waals surface area contributed by atoms with E-state index in [1.165, 1.54) is 0 Å². The molecule has 3 amide bonds. The molecule has 2 rings (SSSR count). The van der Waals surface area contributed by atoms with Crippen LogP contribution in [0.3, 0.4) is 0 Å². The summed E-state index contributed by atoms with van der Waals surface area (Å²) in [5.41, 5.74) is 2.30. The molecule has 0 aliphatic rings. The van der Waals surface area contributed by atoms with Gasteiger partial charge in [0.15, 0.2) is 0 Å². The monoisotopic (exact) mass is 386 g/mol. The largest absolute Gasteiger partial charge is 0.497 e. The van der Waals surface area contributed by atoms with Gasteiger partial charge in [-0.1, -0.05) is 6.07 Å². The van der Waals surface area contributed by atoms with Crippen LogP contribution in [0.2, 0.25) is 0 Å². The highest BCUT2D eigenvalue weighted by atomic mass is 16.5. The molecule has 8 heteroatoms. The maximum absolute atomic E-state index is 12.5. The fourth-order valence-electron chi connectivity index (χ4n) is 2.54. The average molecular weight is 386 g/mol. The third kappa shape index (κ3) is 5.88. The minimum absolute atomic E-state index is 0.238. The Labute approximate surface area is 164 Å². The first-order chi connectivity index (χ1) is 13.4. The SMILES string of the molecule is COCCNC(=O)c1cc(NC(=O)Nc2cccc(OC)c2)ccc1N(C)C. The summed E-state index contributed by atoms with van der Waals surface area (Å²) in [7, 11) is 6.83. The second-order valence-corrected chi connectivity index (χ2v) is 6.19. The molecule has 150 valence electrons. The lowest BCUT2D eigenvalue weighted by Gasteiger charge is -2.18. The van der Waals surface area contributed by atoms with Gasteiger partial charge >= 0.3 is 6.03 Å². The predicted molar refractivity (Wildman–Crippen MR) is 111 cm³/mol. The maximum atomic E-state index is 12.5. The van der Waals surface area contributed by atoms with Crippen LogP contribution in [0.15, 0.2) is 42.5 Å². The van der Waals surface area contributed by atoms with E-state index in [-0.39, 0.29) is 5.91 Å². The molecule has 2 aromatic rings. The second-order valence-electron chi connectivity index (χ2n) is 6.19. The van der Waals surface area contributed by atoms with Crippen LogP contribution in [0, 0.1) is 0 Å². The standard InChI is InChI=1S/C20H26N4O4/c1-24(2)18-9-8-15(13-17(18)19(25)21-10-11-27-3)23-20(26)22-14-6-5-7-16(12-14)28-4/h5-9,12-13H,10-11H2,1-4H3,(H,21,25)(H2,22,23,26). The van der Waals surface area contributed by atoms with Gasteiger partial charge in [0.25, 0.3) is 5.91 Å². The van der Waals surface area contributed by atoms with Crippen molar-refractivity contribution in [2.24, 2.45) is 0 Å². The van der Waals surface area contributed by atoms with Crippen LogP contribution in [-0.2, 0) is 4.74 Å². The molecule has 0 heterocycles. The minimum atomic E-state index is -0.420. The summed E-state index contributed by atoms with van der Waals surface area (Å²) < 4.78 is 10.1. The number of hydrogen-bond acceptors (Lipinski definition) is 5. The molecule has 0 saturated carbocycles. The lowest BCUT2D eigenvalue weighted by atomic mass is 10.1. The molecule has 0 atom stereocenters. The van der Waals surface area contributed by atoms with Crippen LogP contribution in [0.4, 0.5) is 21.9 Å². The van der Waals surface area contributed by atoms with E-state index in [1.54, 1.807) is 56.7 Å². The number of amides is 3. The lowest BCUT2D eigenvalue weighted by Crippen LogP contribution is -2.29. The number of urea groups is 1. The fourth-order valence-corrected chi connectivity index (χ4v) is 2.54. The molecule has 3 N–H and O–H groups in total. The molecular formula is C20H26N4O4. The zero-order valence-corrected chi connectivity index (χ0v) is 16.5. The number of rotatable bonds is 8. The number of methoxy groups -OCH3 is 2. The molecule has 0 aliphatic heterocycles. The van der Waals surface area contributed by atoms with Crippen LogP contribution in [0.5, 0.6) is 5.75 Å². The minimum Gasteiger partial charge on any atom is -0.497 e. The highest BCUT2D eigenvalue weighted by Gasteiger charge is 2.14. The van der Waals surface area contributed by atoms with Crippen LogP contribution >= 0.6 is 0 Å². The summed E-state index contributed by atoms with van der Waals surface area (Å²) in [5.74, 6) is 0.403. The Balaban J connectivity index is 2.13. The van der Waals surface area contributed by atoms with Crippen LogP contribution < -0.4 is 25.6 Å². The summed E-state index contributed by atoms with van der Waals surface area (Å²) in [6, 6.07) is 11.8. The predicted octanol–water partition coefficient (Wildman–Crippen LogP) is 2.78. The summed E-state index contributed by atoms with van der Waals surface area (Å²) in [5, 5.41) is 8.27. The van der Waals surface area contributed by atoms with Crippen LogP contribution in [-0.4, -0.2) is 53.4 Å². The Kier molecular flexibility index (Phi) is 7.65. The van der Waals surface area contributed by atoms with Crippen LogP contribution in [0.25, 0.3) is 0 Å². The first-order valence-corrected chi connectivity index (χ1v) is 8.75. The van der Waals surface area contributed by atoms with E-state index in [0.29, 0.717) is 35.8 Å². The van der Waals surface area contributed by atoms with Crippen LogP contribution in [0.1, 0.15) is 10.4 Å². The summed E-state index contributed by atoms with van der Waals surface area (Å²) in [4.78, 5) is 26.6. The normalized spacial score (nSPS) is 10.1. The highest BCUT2D eigenvalue weighted by Crippen LogP contribution is 2.23. The third-order valence-electron chi connectivity index (χ3n) is 3.90. The van der Waals surface area contributed by atoms with Crippen molar-refractivity contribution in [1.29, 1.82) is 0 Å². The Morgan fingerprint density at radius 3 is 2.36 bits per heavy atom.